The molecule has 3 heterocycles. The highest BCUT2D eigenvalue weighted by Crippen LogP contribution is 2.24. The van der Waals surface area contributed by atoms with E-state index in [2.05, 4.69) is 17.0 Å². The highest BCUT2D eigenvalue weighted by molar-refractivity contribution is 7.15. The Hall–Kier alpha value is -4.24. The van der Waals surface area contributed by atoms with Gasteiger partial charge >= 0.3 is 5.97 Å². The standard InChI is InChI=1S/C30H29N3O5S/c1-3-5-6-7-18-37-23-14-12-21(13-15-23)27-31-30-33(32-27)28(34)26(39-30)19-24-16-17-25(38-24)20-8-10-22(11-9-20)29(35)36-4-2/h8-17,19H,3-7,18H2,1-2H3/b26-19+. The molecular weight excluding hydrogens is 514 g/mol. The minimum atomic E-state index is -0.362. The quantitative estimate of drug-likeness (QED) is 0.154. The van der Waals surface area contributed by atoms with Gasteiger partial charge in [0.05, 0.1) is 18.8 Å². The molecule has 0 saturated carbocycles. The molecule has 0 amide bonds. The van der Waals surface area contributed by atoms with Gasteiger partial charge in [0.2, 0.25) is 4.96 Å². The summed E-state index contributed by atoms with van der Waals surface area (Å²) >= 11 is 1.25. The summed E-state index contributed by atoms with van der Waals surface area (Å²) < 4.78 is 18.6. The first-order valence-electron chi connectivity index (χ1n) is 13.1. The molecule has 0 atom stereocenters. The fraction of sp³-hybridized carbons (Fsp3) is 0.267. The Kier molecular flexibility index (Phi) is 8.17. The molecule has 0 fully saturated rings. The summed E-state index contributed by atoms with van der Waals surface area (Å²) in [6.07, 6.45) is 6.33. The first-order valence-corrected chi connectivity index (χ1v) is 13.9. The molecule has 5 aromatic rings. The van der Waals surface area contributed by atoms with Crippen LogP contribution in [0.1, 0.15) is 55.6 Å². The molecule has 0 spiro atoms. The molecular formula is C30H29N3O5S. The van der Waals surface area contributed by atoms with E-state index in [9.17, 15) is 9.59 Å². The van der Waals surface area contributed by atoms with Gasteiger partial charge in [-0.2, -0.15) is 9.50 Å². The number of rotatable bonds is 11. The number of thiazole rings is 1. The van der Waals surface area contributed by atoms with Gasteiger partial charge in [-0.25, -0.2) is 4.79 Å². The SMILES string of the molecule is CCCCCCOc1ccc(-c2nc3s/c(=C/c4ccc(-c5ccc(C(=O)OCC)cc5)o4)c(=O)n3n2)cc1. The van der Waals surface area contributed by atoms with E-state index < -0.39 is 0 Å². The van der Waals surface area contributed by atoms with E-state index in [1.54, 1.807) is 43.3 Å². The van der Waals surface area contributed by atoms with Crippen molar-refractivity contribution in [1.82, 2.24) is 14.6 Å². The number of aromatic nitrogens is 3. The number of hydrogen-bond acceptors (Lipinski definition) is 8. The third-order valence-electron chi connectivity index (χ3n) is 6.14. The molecule has 2 aromatic carbocycles. The zero-order valence-electron chi connectivity index (χ0n) is 21.9. The lowest BCUT2D eigenvalue weighted by atomic mass is 10.1. The van der Waals surface area contributed by atoms with Gasteiger partial charge < -0.3 is 13.9 Å². The Balaban J connectivity index is 1.29. The Bertz CT molecular complexity index is 1670. The number of fused-ring (bicyclic) bond motifs is 1. The summed E-state index contributed by atoms with van der Waals surface area (Å²) in [6.45, 7) is 4.99. The van der Waals surface area contributed by atoms with Crippen molar-refractivity contribution in [2.45, 2.75) is 39.5 Å². The Morgan fingerprint density at radius 1 is 0.974 bits per heavy atom. The molecule has 0 unspecified atom stereocenters. The molecule has 8 nitrogen and oxygen atoms in total. The second-order valence-electron chi connectivity index (χ2n) is 8.98. The summed E-state index contributed by atoms with van der Waals surface area (Å²) in [7, 11) is 0. The minimum Gasteiger partial charge on any atom is -0.494 e. The number of furan rings is 1. The lowest BCUT2D eigenvalue weighted by Crippen LogP contribution is -2.23. The van der Waals surface area contributed by atoms with Gasteiger partial charge in [0.25, 0.3) is 5.56 Å². The van der Waals surface area contributed by atoms with Gasteiger partial charge in [-0.15, -0.1) is 5.10 Å². The van der Waals surface area contributed by atoms with Gasteiger partial charge in [0.15, 0.2) is 5.82 Å². The third-order valence-corrected chi connectivity index (χ3v) is 7.10. The highest BCUT2D eigenvalue weighted by Gasteiger charge is 2.13. The van der Waals surface area contributed by atoms with Gasteiger partial charge in [0.1, 0.15) is 21.8 Å². The predicted octanol–water partition coefficient (Wildman–Crippen LogP) is 5.76. The molecule has 3 aromatic heterocycles. The molecule has 0 radical (unpaired) electrons. The van der Waals surface area contributed by atoms with Crippen molar-refractivity contribution in [3.63, 3.8) is 0 Å². The second kappa shape index (κ2) is 12.1. The second-order valence-corrected chi connectivity index (χ2v) is 9.99. The number of unbranched alkanes of at least 4 members (excludes halogenated alkanes) is 3. The summed E-state index contributed by atoms with van der Waals surface area (Å²) in [6, 6.07) is 18.2. The van der Waals surface area contributed by atoms with Crippen LogP contribution >= 0.6 is 11.3 Å². The molecule has 39 heavy (non-hydrogen) atoms. The van der Waals surface area contributed by atoms with Crippen LogP contribution in [0, 0.1) is 0 Å². The number of nitrogens with zero attached hydrogens (tertiary/aromatic N) is 3. The maximum Gasteiger partial charge on any atom is 0.338 e. The molecule has 0 saturated heterocycles. The third kappa shape index (κ3) is 6.09. The van der Waals surface area contributed by atoms with Crippen LogP contribution in [0.25, 0.3) is 33.7 Å². The van der Waals surface area contributed by atoms with Crippen LogP contribution in [0.3, 0.4) is 0 Å². The monoisotopic (exact) mass is 543 g/mol. The fourth-order valence-electron chi connectivity index (χ4n) is 4.07. The van der Waals surface area contributed by atoms with Crippen LogP contribution in [-0.4, -0.2) is 33.8 Å². The average Bonchev–Trinajstić information content (AvgIpc) is 3.66. The van der Waals surface area contributed by atoms with Crippen LogP contribution in [0.5, 0.6) is 5.75 Å². The van der Waals surface area contributed by atoms with Gasteiger partial charge in [-0.05, 0) is 61.9 Å². The van der Waals surface area contributed by atoms with E-state index >= 15 is 0 Å². The van der Waals surface area contributed by atoms with E-state index in [4.69, 9.17) is 13.9 Å². The van der Waals surface area contributed by atoms with E-state index in [1.165, 1.54) is 35.1 Å². The zero-order chi connectivity index (χ0) is 27.2. The number of esters is 1. The smallest absolute Gasteiger partial charge is 0.338 e. The summed E-state index contributed by atoms with van der Waals surface area (Å²) in [5.41, 5.74) is 1.85. The van der Waals surface area contributed by atoms with Crippen molar-refractivity contribution in [2.75, 3.05) is 13.2 Å². The minimum absolute atomic E-state index is 0.252. The van der Waals surface area contributed by atoms with Crippen LogP contribution < -0.4 is 14.8 Å². The number of carbonyl (C=O) groups is 1. The van der Waals surface area contributed by atoms with Crippen molar-refractivity contribution in [3.8, 4) is 28.5 Å². The normalized spacial score (nSPS) is 11.8. The molecule has 5 rings (SSSR count). The van der Waals surface area contributed by atoms with E-state index in [-0.39, 0.29) is 11.5 Å². The molecule has 0 bridgehead atoms. The maximum atomic E-state index is 13.0. The Morgan fingerprint density at radius 2 is 1.74 bits per heavy atom. The van der Waals surface area contributed by atoms with Crippen molar-refractivity contribution in [2.24, 2.45) is 0 Å². The van der Waals surface area contributed by atoms with Crippen molar-refractivity contribution in [1.29, 1.82) is 0 Å². The number of hydrogen-bond donors (Lipinski definition) is 0. The van der Waals surface area contributed by atoms with Gasteiger partial charge in [-0.1, -0.05) is 49.7 Å². The zero-order valence-corrected chi connectivity index (χ0v) is 22.7. The number of benzene rings is 2. The van der Waals surface area contributed by atoms with Gasteiger partial charge in [0, 0.05) is 17.2 Å². The average molecular weight is 544 g/mol. The van der Waals surface area contributed by atoms with Crippen LogP contribution in [0.15, 0.2) is 69.9 Å². The van der Waals surface area contributed by atoms with Crippen LogP contribution in [0.2, 0.25) is 0 Å². The molecule has 0 aliphatic carbocycles. The molecule has 0 aliphatic rings. The fourth-order valence-corrected chi connectivity index (χ4v) is 4.96. The summed E-state index contributed by atoms with van der Waals surface area (Å²) in [5, 5.41) is 4.43. The molecule has 0 aliphatic heterocycles. The van der Waals surface area contributed by atoms with Crippen molar-refractivity contribution >= 4 is 28.3 Å². The van der Waals surface area contributed by atoms with Crippen molar-refractivity contribution in [3.05, 3.63) is 86.9 Å². The predicted molar refractivity (Wildman–Crippen MR) is 151 cm³/mol. The van der Waals surface area contributed by atoms with Crippen LogP contribution in [-0.2, 0) is 4.74 Å². The summed E-state index contributed by atoms with van der Waals surface area (Å²) in [4.78, 5) is 29.9. The van der Waals surface area contributed by atoms with Crippen molar-refractivity contribution < 1.29 is 18.7 Å². The number of ether oxygens (including phenoxy) is 2. The van der Waals surface area contributed by atoms with E-state index in [0.29, 0.717) is 45.6 Å². The van der Waals surface area contributed by atoms with E-state index in [0.717, 1.165) is 23.3 Å². The largest absolute Gasteiger partial charge is 0.494 e. The maximum absolute atomic E-state index is 13.0. The molecule has 9 heteroatoms. The lowest BCUT2D eigenvalue weighted by Gasteiger charge is -2.06. The first-order chi connectivity index (χ1) is 19.1. The summed E-state index contributed by atoms with van der Waals surface area (Å²) in [5.74, 6) is 2.10. The van der Waals surface area contributed by atoms with E-state index in [1.807, 2.05) is 30.3 Å². The number of carbonyl (C=O) groups excluding carboxylic acids is 1. The van der Waals surface area contributed by atoms with Gasteiger partial charge in [-0.3, -0.25) is 4.79 Å². The topological polar surface area (TPSA) is 95.9 Å². The lowest BCUT2D eigenvalue weighted by molar-refractivity contribution is 0.0526. The first kappa shape index (κ1) is 26.4. The van der Waals surface area contributed by atoms with Crippen LogP contribution in [0.4, 0.5) is 0 Å². The molecule has 200 valence electrons. The Labute approximate surface area is 229 Å². The molecule has 0 N–H and O–H groups in total. The Morgan fingerprint density at radius 3 is 2.46 bits per heavy atom. The highest BCUT2D eigenvalue weighted by atomic mass is 32.1.